The van der Waals surface area contributed by atoms with Crippen LogP contribution in [-0.4, -0.2) is 44.6 Å². The van der Waals surface area contributed by atoms with Crippen LogP contribution in [0.25, 0.3) is 5.69 Å². The van der Waals surface area contributed by atoms with Crippen LogP contribution in [0.3, 0.4) is 0 Å². The molecule has 0 radical (unpaired) electrons. The summed E-state index contributed by atoms with van der Waals surface area (Å²) in [5.41, 5.74) is 2.27. The Balaban J connectivity index is 2.15. The highest BCUT2D eigenvalue weighted by molar-refractivity contribution is 5.85. The van der Waals surface area contributed by atoms with Crippen molar-refractivity contribution in [2.45, 2.75) is 6.92 Å². The number of aliphatic hydroxyl groups is 1. The number of hydrogen-bond donors (Lipinski definition) is 2. The average Bonchev–Trinajstić information content (AvgIpc) is 2.92. The number of aliphatic hydroxyl groups excluding tert-OH is 1. The minimum Gasteiger partial charge on any atom is -0.447 e. The number of nitrogens with one attached hydrogen (secondary N) is 1. The third-order valence-corrected chi connectivity index (χ3v) is 2.38. The Bertz CT molecular complexity index is 555. The third-order valence-electron chi connectivity index (χ3n) is 2.38. The lowest BCUT2D eigenvalue weighted by Gasteiger charge is -2.09. The second kappa shape index (κ2) is 5.91. The maximum absolute atomic E-state index is 11.4. The van der Waals surface area contributed by atoms with Crippen LogP contribution in [0.1, 0.15) is 5.56 Å². The zero-order chi connectivity index (χ0) is 13.7. The molecule has 0 aliphatic heterocycles. The second-order valence-electron chi connectivity index (χ2n) is 3.74. The molecular formula is C11H13N5O3. The average molecular weight is 263 g/mol. The number of carbonyl (C=O) groups excluding carboxylic acids is 1. The number of ether oxygens (including phenoxy) is 1. The largest absolute Gasteiger partial charge is 0.447 e. The van der Waals surface area contributed by atoms with Crippen molar-refractivity contribution in [3.63, 3.8) is 0 Å². The highest BCUT2D eigenvalue weighted by atomic mass is 16.6. The van der Waals surface area contributed by atoms with Crippen LogP contribution in [0.15, 0.2) is 24.5 Å². The molecule has 100 valence electrons. The number of tetrazole rings is 1. The minimum atomic E-state index is -0.624. The number of aryl methyl sites for hydroxylation is 1. The highest BCUT2D eigenvalue weighted by Crippen LogP contribution is 2.18. The summed E-state index contributed by atoms with van der Waals surface area (Å²) in [5, 5.41) is 22.0. The predicted molar refractivity (Wildman–Crippen MR) is 65.9 cm³/mol. The van der Waals surface area contributed by atoms with Gasteiger partial charge in [0.05, 0.1) is 12.3 Å². The molecule has 0 aliphatic carbocycles. The van der Waals surface area contributed by atoms with Crippen molar-refractivity contribution in [3.8, 4) is 5.69 Å². The van der Waals surface area contributed by atoms with E-state index < -0.39 is 6.09 Å². The van der Waals surface area contributed by atoms with Gasteiger partial charge >= 0.3 is 6.09 Å². The molecule has 1 aromatic heterocycles. The fourth-order valence-electron chi connectivity index (χ4n) is 1.50. The molecule has 0 saturated carbocycles. The van der Waals surface area contributed by atoms with Gasteiger partial charge in [-0.2, -0.15) is 0 Å². The number of carbonyl (C=O) groups is 1. The van der Waals surface area contributed by atoms with Crippen LogP contribution < -0.4 is 5.32 Å². The molecule has 0 spiro atoms. The molecule has 2 rings (SSSR count). The minimum absolute atomic E-state index is 0.0441. The lowest BCUT2D eigenvalue weighted by Crippen LogP contribution is -2.16. The number of anilines is 1. The summed E-state index contributed by atoms with van der Waals surface area (Å²) in [4.78, 5) is 11.4. The van der Waals surface area contributed by atoms with Crippen molar-refractivity contribution in [1.82, 2.24) is 20.2 Å². The van der Waals surface area contributed by atoms with E-state index in [-0.39, 0.29) is 13.2 Å². The van der Waals surface area contributed by atoms with Gasteiger partial charge in [-0.3, -0.25) is 5.32 Å². The van der Waals surface area contributed by atoms with Gasteiger partial charge in [0, 0.05) is 5.69 Å². The molecule has 1 aromatic carbocycles. The maximum Gasteiger partial charge on any atom is 0.411 e. The van der Waals surface area contributed by atoms with Crippen LogP contribution in [0, 0.1) is 6.92 Å². The summed E-state index contributed by atoms with van der Waals surface area (Å²) in [7, 11) is 0. The first kappa shape index (κ1) is 13.0. The van der Waals surface area contributed by atoms with E-state index in [1.807, 2.05) is 13.0 Å². The van der Waals surface area contributed by atoms with E-state index in [1.165, 1.54) is 11.0 Å². The van der Waals surface area contributed by atoms with E-state index in [2.05, 4.69) is 20.8 Å². The van der Waals surface area contributed by atoms with Gasteiger partial charge in [0.2, 0.25) is 0 Å². The van der Waals surface area contributed by atoms with Gasteiger partial charge in [-0.25, -0.2) is 9.48 Å². The summed E-state index contributed by atoms with van der Waals surface area (Å²) in [5.74, 6) is 0. The summed E-state index contributed by atoms with van der Waals surface area (Å²) in [6.07, 6.45) is 0.844. The van der Waals surface area contributed by atoms with Crippen molar-refractivity contribution in [2.75, 3.05) is 18.5 Å². The fourth-order valence-corrected chi connectivity index (χ4v) is 1.50. The first-order valence-electron chi connectivity index (χ1n) is 5.59. The highest BCUT2D eigenvalue weighted by Gasteiger charge is 2.07. The van der Waals surface area contributed by atoms with Gasteiger partial charge in [-0.05, 0) is 35.0 Å². The first-order chi connectivity index (χ1) is 9.20. The third kappa shape index (κ3) is 3.26. The lowest BCUT2D eigenvalue weighted by atomic mass is 10.2. The van der Waals surface area contributed by atoms with Crippen LogP contribution in [0.2, 0.25) is 0 Å². The number of nitrogens with zero attached hydrogens (tertiary/aromatic N) is 4. The molecule has 0 atom stereocenters. The molecule has 0 fully saturated rings. The monoisotopic (exact) mass is 263 g/mol. The molecule has 8 heteroatoms. The van der Waals surface area contributed by atoms with Crippen LogP contribution in [-0.2, 0) is 4.74 Å². The van der Waals surface area contributed by atoms with Gasteiger partial charge < -0.3 is 9.84 Å². The standard InChI is InChI=1S/C11H13N5O3/c1-8-2-3-9(13-11(18)19-5-4-17)6-10(8)16-7-12-14-15-16/h2-3,6-7,17H,4-5H2,1H3,(H,13,18). The summed E-state index contributed by atoms with van der Waals surface area (Å²) in [6, 6.07) is 5.30. The molecule has 2 N–H and O–H groups in total. The van der Waals surface area contributed by atoms with E-state index in [0.29, 0.717) is 5.69 Å². The topological polar surface area (TPSA) is 102 Å². The van der Waals surface area contributed by atoms with E-state index in [0.717, 1.165) is 11.3 Å². The van der Waals surface area contributed by atoms with Crippen molar-refractivity contribution >= 4 is 11.8 Å². The normalized spacial score (nSPS) is 10.2. The number of benzene rings is 1. The van der Waals surface area contributed by atoms with Gasteiger partial charge in [0.1, 0.15) is 12.9 Å². The zero-order valence-electron chi connectivity index (χ0n) is 10.3. The SMILES string of the molecule is Cc1ccc(NC(=O)OCCO)cc1-n1cnnn1. The smallest absolute Gasteiger partial charge is 0.411 e. The molecule has 0 unspecified atom stereocenters. The molecule has 0 bridgehead atoms. The predicted octanol–water partition coefficient (Wildman–Crippen LogP) is 0.512. The Morgan fingerprint density at radius 3 is 3.05 bits per heavy atom. The summed E-state index contributed by atoms with van der Waals surface area (Å²) in [6.45, 7) is 1.65. The van der Waals surface area contributed by atoms with E-state index in [1.54, 1.807) is 12.1 Å². The first-order valence-corrected chi connectivity index (χ1v) is 5.59. The Labute approximate surface area is 109 Å². The molecule has 2 aromatic rings. The van der Waals surface area contributed by atoms with Crippen LogP contribution in [0.4, 0.5) is 10.5 Å². The number of amides is 1. The molecule has 1 heterocycles. The van der Waals surface area contributed by atoms with Crippen molar-refractivity contribution in [2.24, 2.45) is 0 Å². The summed E-state index contributed by atoms with van der Waals surface area (Å²) >= 11 is 0. The molecule has 0 aliphatic rings. The Morgan fingerprint density at radius 2 is 2.37 bits per heavy atom. The number of aromatic nitrogens is 4. The Kier molecular flexibility index (Phi) is 4.04. The number of rotatable bonds is 4. The van der Waals surface area contributed by atoms with Crippen molar-refractivity contribution in [3.05, 3.63) is 30.1 Å². The van der Waals surface area contributed by atoms with Gasteiger partial charge in [-0.15, -0.1) is 5.10 Å². The van der Waals surface area contributed by atoms with Crippen LogP contribution in [0.5, 0.6) is 0 Å². The van der Waals surface area contributed by atoms with E-state index >= 15 is 0 Å². The second-order valence-corrected chi connectivity index (χ2v) is 3.74. The van der Waals surface area contributed by atoms with Gasteiger partial charge in [0.15, 0.2) is 0 Å². The van der Waals surface area contributed by atoms with E-state index in [9.17, 15) is 4.79 Å². The van der Waals surface area contributed by atoms with Crippen LogP contribution >= 0.6 is 0 Å². The van der Waals surface area contributed by atoms with E-state index in [4.69, 9.17) is 9.84 Å². The maximum atomic E-state index is 11.4. The fraction of sp³-hybridized carbons (Fsp3) is 0.273. The Hall–Kier alpha value is -2.48. The molecular weight excluding hydrogens is 250 g/mol. The van der Waals surface area contributed by atoms with Gasteiger partial charge in [0.25, 0.3) is 0 Å². The zero-order valence-corrected chi connectivity index (χ0v) is 10.3. The van der Waals surface area contributed by atoms with Gasteiger partial charge in [-0.1, -0.05) is 6.07 Å². The molecule has 19 heavy (non-hydrogen) atoms. The molecule has 0 saturated heterocycles. The van der Waals surface area contributed by atoms with Crippen molar-refractivity contribution in [1.29, 1.82) is 0 Å². The molecule has 8 nitrogen and oxygen atoms in total. The van der Waals surface area contributed by atoms with Crippen molar-refractivity contribution < 1.29 is 14.6 Å². The molecule has 1 amide bonds. The number of hydrogen-bond acceptors (Lipinski definition) is 6. The summed E-state index contributed by atoms with van der Waals surface area (Å²) < 4.78 is 6.21. The quantitative estimate of drug-likeness (QED) is 0.833. The Morgan fingerprint density at radius 1 is 1.53 bits per heavy atom. The lowest BCUT2D eigenvalue weighted by molar-refractivity contribution is 0.131.